The zero-order valence-electron chi connectivity index (χ0n) is 13.2. The first-order chi connectivity index (χ1) is 12.0. The molecule has 1 heterocycles. The number of halogens is 2. The molecule has 0 aromatic heterocycles. The zero-order chi connectivity index (χ0) is 17.8. The van der Waals surface area contributed by atoms with Crippen LogP contribution in [-0.2, 0) is 0 Å². The van der Waals surface area contributed by atoms with Gasteiger partial charge in [-0.15, -0.1) is 0 Å². The number of nitrogens with zero attached hydrogens (tertiary/aromatic N) is 1. The Morgan fingerprint density at radius 3 is 2.76 bits per heavy atom. The molecule has 0 bridgehead atoms. The average Bonchev–Trinajstić information content (AvgIpc) is 3.07. The van der Waals surface area contributed by atoms with Gasteiger partial charge in [0.25, 0.3) is 5.91 Å². The van der Waals surface area contributed by atoms with Gasteiger partial charge in [-0.05, 0) is 37.3 Å². The summed E-state index contributed by atoms with van der Waals surface area (Å²) in [6, 6.07) is 10.9. The summed E-state index contributed by atoms with van der Waals surface area (Å²) in [5, 5.41) is 3.95. The second-order valence-corrected chi connectivity index (χ2v) is 5.08. The lowest BCUT2D eigenvalue weighted by Crippen LogP contribution is -2.19. The van der Waals surface area contributed by atoms with Crippen LogP contribution in [0.4, 0.5) is 8.78 Å². The minimum absolute atomic E-state index is 0.0175. The number of carbonyl (C=O) groups excluding carboxylic acids is 1. The van der Waals surface area contributed by atoms with Gasteiger partial charge >= 0.3 is 6.61 Å². The number of nitrogens with one attached hydrogen (secondary N) is 1. The van der Waals surface area contributed by atoms with Crippen molar-refractivity contribution in [1.82, 2.24) is 5.43 Å². The highest BCUT2D eigenvalue weighted by Crippen LogP contribution is 2.32. The Labute approximate surface area is 142 Å². The number of hydrogen-bond acceptors (Lipinski definition) is 5. The SMILES string of the molecule is C/C(=N/NC(=O)c1ccc2c(c1)OCO2)c1ccccc1OC(F)F. The first kappa shape index (κ1) is 16.7. The minimum Gasteiger partial charge on any atom is -0.454 e. The van der Waals surface area contributed by atoms with Crippen LogP contribution in [0.3, 0.4) is 0 Å². The van der Waals surface area contributed by atoms with E-state index in [0.29, 0.717) is 28.3 Å². The summed E-state index contributed by atoms with van der Waals surface area (Å²) < 4.78 is 39.7. The highest BCUT2D eigenvalue weighted by atomic mass is 19.3. The summed E-state index contributed by atoms with van der Waals surface area (Å²) in [6.07, 6.45) is 0. The molecule has 130 valence electrons. The highest BCUT2D eigenvalue weighted by Gasteiger charge is 2.16. The summed E-state index contributed by atoms with van der Waals surface area (Å²) in [7, 11) is 0. The summed E-state index contributed by atoms with van der Waals surface area (Å²) in [6.45, 7) is -1.26. The van der Waals surface area contributed by atoms with Gasteiger partial charge in [0, 0.05) is 11.1 Å². The van der Waals surface area contributed by atoms with Gasteiger partial charge in [-0.25, -0.2) is 5.43 Å². The molecular formula is C17H14F2N2O4. The molecule has 0 atom stereocenters. The number of para-hydroxylation sites is 1. The monoisotopic (exact) mass is 348 g/mol. The van der Waals surface area contributed by atoms with E-state index in [2.05, 4.69) is 15.3 Å². The van der Waals surface area contributed by atoms with E-state index in [0.717, 1.165) is 0 Å². The van der Waals surface area contributed by atoms with Gasteiger partial charge < -0.3 is 14.2 Å². The summed E-state index contributed by atoms with van der Waals surface area (Å²) in [4.78, 5) is 12.2. The van der Waals surface area contributed by atoms with Crippen LogP contribution < -0.4 is 19.6 Å². The molecule has 2 aromatic rings. The number of hydrazone groups is 1. The molecule has 8 heteroatoms. The normalized spacial score (nSPS) is 13.0. The standard InChI is InChI=1S/C17H14F2N2O4/c1-10(12-4-2-3-5-13(12)25-17(18)19)20-21-16(22)11-6-7-14-15(8-11)24-9-23-14/h2-8,17H,9H2,1H3,(H,21,22)/b20-10-. The second kappa shape index (κ2) is 7.16. The smallest absolute Gasteiger partial charge is 0.387 e. The summed E-state index contributed by atoms with van der Waals surface area (Å²) in [5.74, 6) is 0.555. The summed E-state index contributed by atoms with van der Waals surface area (Å²) >= 11 is 0. The van der Waals surface area contributed by atoms with Crippen molar-refractivity contribution in [2.24, 2.45) is 5.10 Å². The summed E-state index contributed by atoms with van der Waals surface area (Å²) in [5.41, 5.74) is 3.39. The highest BCUT2D eigenvalue weighted by molar-refractivity contribution is 6.02. The number of amides is 1. The molecule has 2 aromatic carbocycles. The Balaban J connectivity index is 1.74. The van der Waals surface area contributed by atoms with Crippen molar-refractivity contribution in [3.8, 4) is 17.2 Å². The Kier molecular flexibility index (Phi) is 4.78. The van der Waals surface area contributed by atoms with Gasteiger partial charge in [0.05, 0.1) is 5.71 Å². The Hall–Kier alpha value is -3.16. The predicted octanol–water partition coefficient (Wildman–Crippen LogP) is 3.17. The molecular weight excluding hydrogens is 334 g/mol. The molecule has 25 heavy (non-hydrogen) atoms. The Morgan fingerprint density at radius 2 is 1.96 bits per heavy atom. The quantitative estimate of drug-likeness (QED) is 0.666. The fourth-order valence-electron chi connectivity index (χ4n) is 2.26. The maximum atomic E-state index is 12.5. The maximum Gasteiger partial charge on any atom is 0.387 e. The van der Waals surface area contributed by atoms with Gasteiger partial charge in [-0.1, -0.05) is 12.1 Å². The van der Waals surface area contributed by atoms with E-state index in [-0.39, 0.29) is 12.5 Å². The fraction of sp³-hybridized carbons (Fsp3) is 0.176. The number of ether oxygens (including phenoxy) is 3. The first-order valence-corrected chi connectivity index (χ1v) is 7.33. The third-order valence-electron chi connectivity index (χ3n) is 3.45. The van der Waals surface area contributed by atoms with Crippen molar-refractivity contribution < 1.29 is 27.8 Å². The third kappa shape index (κ3) is 3.85. The lowest BCUT2D eigenvalue weighted by atomic mass is 10.1. The Bertz CT molecular complexity index is 824. The number of benzene rings is 2. The van der Waals surface area contributed by atoms with Gasteiger partial charge in [-0.3, -0.25) is 4.79 Å². The van der Waals surface area contributed by atoms with Crippen LogP contribution in [0.25, 0.3) is 0 Å². The van der Waals surface area contributed by atoms with E-state index in [4.69, 9.17) is 9.47 Å². The third-order valence-corrected chi connectivity index (χ3v) is 3.45. The molecule has 0 saturated heterocycles. The van der Waals surface area contributed by atoms with Crippen LogP contribution in [-0.4, -0.2) is 25.0 Å². The van der Waals surface area contributed by atoms with Crippen LogP contribution in [0.5, 0.6) is 17.2 Å². The van der Waals surface area contributed by atoms with Crippen LogP contribution >= 0.6 is 0 Å². The van der Waals surface area contributed by atoms with E-state index >= 15 is 0 Å². The molecule has 1 amide bonds. The molecule has 1 aliphatic heterocycles. The van der Waals surface area contributed by atoms with Crippen molar-refractivity contribution in [2.75, 3.05) is 6.79 Å². The molecule has 0 unspecified atom stereocenters. The Morgan fingerprint density at radius 1 is 1.20 bits per heavy atom. The van der Waals surface area contributed by atoms with Gasteiger partial charge in [0.2, 0.25) is 6.79 Å². The van der Waals surface area contributed by atoms with E-state index in [1.54, 1.807) is 37.3 Å². The van der Waals surface area contributed by atoms with E-state index in [9.17, 15) is 13.6 Å². The number of hydrogen-bond donors (Lipinski definition) is 1. The van der Waals surface area contributed by atoms with Crippen LogP contribution in [0, 0.1) is 0 Å². The molecule has 3 rings (SSSR count). The molecule has 1 N–H and O–H groups in total. The minimum atomic E-state index is -2.95. The maximum absolute atomic E-state index is 12.5. The lowest BCUT2D eigenvalue weighted by molar-refractivity contribution is -0.0499. The van der Waals surface area contributed by atoms with E-state index in [1.807, 2.05) is 0 Å². The number of carbonyl (C=O) groups is 1. The van der Waals surface area contributed by atoms with Gasteiger partial charge in [0.1, 0.15) is 5.75 Å². The first-order valence-electron chi connectivity index (χ1n) is 7.33. The predicted molar refractivity (Wildman–Crippen MR) is 85.3 cm³/mol. The molecule has 6 nitrogen and oxygen atoms in total. The molecule has 0 saturated carbocycles. The van der Waals surface area contributed by atoms with Crippen molar-refractivity contribution >= 4 is 11.6 Å². The second-order valence-electron chi connectivity index (χ2n) is 5.08. The molecule has 0 aliphatic carbocycles. The van der Waals surface area contributed by atoms with Gasteiger partial charge in [-0.2, -0.15) is 13.9 Å². The topological polar surface area (TPSA) is 69.2 Å². The van der Waals surface area contributed by atoms with E-state index < -0.39 is 12.5 Å². The van der Waals surface area contributed by atoms with Crippen molar-refractivity contribution in [2.45, 2.75) is 13.5 Å². The molecule has 0 radical (unpaired) electrons. The van der Waals surface area contributed by atoms with Crippen molar-refractivity contribution in [3.63, 3.8) is 0 Å². The van der Waals surface area contributed by atoms with Crippen molar-refractivity contribution in [1.29, 1.82) is 0 Å². The number of rotatable bonds is 5. The van der Waals surface area contributed by atoms with Crippen molar-refractivity contribution in [3.05, 3.63) is 53.6 Å². The molecule has 0 fully saturated rings. The molecule has 0 spiro atoms. The zero-order valence-corrected chi connectivity index (χ0v) is 13.2. The number of alkyl halides is 2. The number of fused-ring (bicyclic) bond motifs is 1. The van der Waals surface area contributed by atoms with Crippen LogP contribution in [0.2, 0.25) is 0 Å². The van der Waals surface area contributed by atoms with Gasteiger partial charge in [0.15, 0.2) is 11.5 Å². The lowest BCUT2D eigenvalue weighted by Gasteiger charge is -2.10. The molecule has 1 aliphatic rings. The van der Waals surface area contributed by atoms with Crippen LogP contribution in [0.1, 0.15) is 22.8 Å². The van der Waals surface area contributed by atoms with E-state index in [1.165, 1.54) is 12.1 Å². The average molecular weight is 348 g/mol. The fourth-order valence-corrected chi connectivity index (χ4v) is 2.26. The largest absolute Gasteiger partial charge is 0.454 e. The van der Waals surface area contributed by atoms with Crippen LogP contribution in [0.15, 0.2) is 47.6 Å².